The lowest BCUT2D eigenvalue weighted by atomic mass is 10.2. The van der Waals surface area contributed by atoms with E-state index < -0.39 is 23.7 Å². The fourth-order valence-electron chi connectivity index (χ4n) is 4.69. The molecule has 218 valence electrons. The van der Waals surface area contributed by atoms with Gasteiger partial charge in [-0.3, -0.25) is 14.3 Å². The number of carbonyl (C=O) groups excluding carboxylic acids is 2. The van der Waals surface area contributed by atoms with Crippen molar-refractivity contribution in [1.82, 2.24) is 14.7 Å². The highest BCUT2D eigenvalue weighted by molar-refractivity contribution is 6.31. The van der Waals surface area contributed by atoms with Crippen LogP contribution in [0, 0.1) is 0 Å². The smallest absolute Gasteiger partial charge is 0.435 e. The second kappa shape index (κ2) is 12.4. The predicted octanol–water partition coefficient (Wildman–Crippen LogP) is 6.65. The summed E-state index contributed by atoms with van der Waals surface area (Å²) in [5.74, 6) is 0.338. The number of benzene rings is 2. The largest absolute Gasteiger partial charge is 0.490 e. The van der Waals surface area contributed by atoms with Crippen LogP contribution in [0.15, 0.2) is 48.5 Å². The van der Waals surface area contributed by atoms with Gasteiger partial charge in [0, 0.05) is 23.2 Å². The quantitative estimate of drug-likeness (QED) is 0.369. The molecule has 0 saturated heterocycles. The van der Waals surface area contributed by atoms with Gasteiger partial charge in [0.25, 0.3) is 0 Å². The first kappa shape index (κ1) is 28.8. The van der Waals surface area contributed by atoms with Gasteiger partial charge in [-0.25, -0.2) is 0 Å². The molecule has 1 aliphatic heterocycles. The second-order valence-electron chi connectivity index (χ2n) is 10.2. The molecule has 0 atom stereocenters. The lowest BCUT2D eigenvalue weighted by Gasteiger charge is -2.23. The third-order valence-electron chi connectivity index (χ3n) is 6.93. The van der Waals surface area contributed by atoms with E-state index in [2.05, 4.69) is 10.4 Å². The number of nitrogens with zero attached hydrogens (tertiary/aromatic N) is 3. The van der Waals surface area contributed by atoms with Crippen molar-refractivity contribution < 1.29 is 32.2 Å². The molecule has 2 heterocycles. The third-order valence-corrected chi connectivity index (χ3v) is 7.17. The number of hydrogen-bond donors (Lipinski definition) is 1. The van der Waals surface area contributed by atoms with Crippen molar-refractivity contribution in [3.63, 3.8) is 0 Å². The molecule has 1 fully saturated rings. The zero-order chi connectivity index (χ0) is 29.0. The molecule has 0 spiro atoms. The summed E-state index contributed by atoms with van der Waals surface area (Å²) in [4.78, 5) is 27.9. The molecule has 0 unspecified atom stereocenters. The third kappa shape index (κ3) is 7.52. The Labute approximate surface area is 240 Å². The molecule has 0 bridgehead atoms. The molecule has 1 aliphatic carbocycles. The fourth-order valence-corrected chi connectivity index (χ4v) is 4.86. The van der Waals surface area contributed by atoms with Gasteiger partial charge in [0.15, 0.2) is 22.9 Å². The zero-order valence-corrected chi connectivity index (χ0v) is 23.0. The van der Waals surface area contributed by atoms with Crippen molar-refractivity contribution in [2.45, 2.75) is 57.2 Å². The second-order valence-corrected chi connectivity index (χ2v) is 10.6. The number of ether oxygens (including phenoxy) is 2. The van der Waals surface area contributed by atoms with Gasteiger partial charge in [-0.1, -0.05) is 36.6 Å². The number of anilines is 1. The van der Waals surface area contributed by atoms with Crippen LogP contribution in [-0.2, 0) is 22.3 Å². The van der Waals surface area contributed by atoms with E-state index >= 15 is 0 Å². The standard InChI is InChI=1S/C29H30ClF3N4O4/c30-20-11-12-23-21(15-20)34-27(38)17-36(13-5-1-2-6-14-40-24-7-3-4-8-25(24)41-23)28(39)18-37-22(19-9-10-19)16-26(35-37)29(31,32)33/h3-4,7-8,11-12,15-16,19H,1-2,5-6,9-10,13-14,17-18H2,(H,34,38). The molecule has 5 rings (SSSR count). The number of rotatable bonds is 3. The highest BCUT2D eigenvalue weighted by atomic mass is 35.5. The Kier molecular flexibility index (Phi) is 8.72. The summed E-state index contributed by atoms with van der Waals surface area (Å²) in [5, 5.41) is 6.84. The summed E-state index contributed by atoms with van der Waals surface area (Å²) in [5.41, 5.74) is -0.324. The Morgan fingerprint density at radius 1 is 1.02 bits per heavy atom. The monoisotopic (exact) mass is 590 g/mol. The molecule has 0 radical (unpaired) electrons. The van der Waals surface area contributed by atoms with Gasteiger partial charge in [0.2, 0.25) is 11.8 Å². The van der Waals surface area contributed by atoms with Gasteiger partial charge in [-0.05, 0) is 62.1 Å². The van der Waals surface area contributed by atoms with E-state index in [4.69, 9.17) is 21.1 Å². The average Bonchev–Trinajstić information content (AvgIpc) is 3.67. The van der Waals surface area contributed by atoms with E-state index in [1.54, 1.807) is 18.2 Å². The summed E-state index contributed by atoms with van der Waals surface area (Å²) in [6.07, 6.45) is -0.113. The van der Waals surface area contributed by atoms with Crippen molar-refractivity contribution in [1.29, 1.82) is 0 Å². The van der Waals surface area contributed by atoms with E-state index in [0.29, 0.717) is 46.7 Å². The van der Waals surface area contributed by atoms with E-state index in [9.17, 15) is 22.8 Å². The topological polar surface area (TPSA) is 85.7 Å². The molecular formula is C29H30ClF3N4O4. The van der Waals surface area contributed by atoms with Gasteiger partial charge in [-0.15, -0.1) is 0 Å². The molecule has 8 nitrogen and oxygen atoms in total. The van der Waals surface area contributed by atoms with E-state index in [1.807, 2.05) is 18.2 Å². The molecule has 3 aromatic rings. The first-order chi connectivity index (χ1) is 19.7. The first-order valence-electron chi connectivity index (χ1n) is 13.6. The van der Waals surface area contributed by atoms with Gasteiger partial charge < -0.3 is 19.7 Å². The number of fused-ring (bicyclic) bond motifs is 2. The Balaban J connectivity index is 1.37. The van der Waals surface area contributed by atoms with Crippen molar-refractivity contribution >= 4 is 29.1 Å². The molecule has 2 aromatic carbocycles. The SMILES string of the molecule is O=C1CN(C(=O)Cn2nc(C(F)(F)F)cc2C2CC2)CCCCCCOc2ccccc2Oc2ccc(Cl)cc2N1. The molecule has 1 saturated carbocycles. The number of aromatic nitrogens is 2. The van der Waals surface area contributed by atoms with Gasteiger partial charge in [0.05, 0.1) is 18.8 Å². The minimum absolute atomic E-state index is 0.0460. The maximum Gasteiger partial charge on any atom is 0.435 e. The Morgan fingerprint density at radius 3 is 2.54 bits per heavy atom. The molecule has 1 N–H and O–H groups in total. The lowest BCUT2D eigenvalue weighted by molar-refractivity contribution is -0.142. The van der Waals surface area contributed by atoms with Crippen LogP contribution >= 0.6 is 11.6 Å². The lowest BCUT2D eigenvalue weighted by Crippen LogP contribution is -2.40. The summed E-state index contributed by atoms with van der Waals surface area (Å²) >= 11 is 6.20. The summed E-state index contributed by atoms with van der Waals surface area (Å²) in [6, 6.07) is 13.0. The van der Waals surface area contributed by atoms with E-state index in [1.165, 1.54) is 11.0 Å². The van der Waals surface area contributed by atoms with Crippen LogP contribution in [0.4, 0.5) is 18.9 Å². The van der Waals surface area contributed by atoms with Crippen LogP contribution in [-0.4, -0.2) is 46.2 Å². The van der Waals surface area contributed by atoms with Crippen LogP contribution in [0.25, 0.3) is 0 Å². The van der Waals surface area contributed by atoms with Crippen LogP contribution < -0.4 is 14.8 Å². The Morgan fingerprint density at radius 2 is 1.78 bits per heavy atom. The normalized spacial score (nSPS) is 17.1. The van der Waals surface area contributed by atoms with Crippen molar-refractivity contribution in [2.24, 2.45) is 0 Å². The number of hydrogen-bond acceptors (Lipinski definition) is 5. The van der Waals surface area contributed by atoms with E-state index in [0.717, 1.165) is 42.9 Å². The van der Waals surface area contributed by atoms with Gasteiger partial charge >= 0.3 is 6.18 Å². The highest BCUT2D eigenvalue weighted by Gasteiger charge is 2.38. The van der Waals surface area contributed by atoms with E-state index in [-0.39, 0.29) is 25.6 Å². The van der Waals surface area contributed by atoms with Crippen LogP contribution in [0.5, 0.6) is 17.2 Å². The molecule has 1 aromatic heterocycles. The highest BCUT2D eigenvalue weighted by Crippen LogP contribution is 2.42. The molecule has 2 amide bonds. The van der Waals surface area contributed by atoms with Crippen LogP contribution in [0.1, 0.15) is 55.8 Å². The number of para-hydroxylation sites is 2. The Bertz CT molecular complexity index is 1410. The van der Waals surface area contributed by atoms with Gasteiger partial charge in [-0.2, -0.15) is 18.3 Å². The Hall–Kier alpha value is -3.73. The maximum atomic E-state index is 13.4. The summed E-state index contributed by atoms with van der Waals surface area (Å²) < 4.78 is 53.2. The first-order valence-corrected chi connectivity index (χ1v) is 14.0. The van der Waals surface area contributed by atoms with Crippen molar-refractivity contribution in [3.8, 4) is 17.2 Å². The summed E-state index contributed by atoms with van der Waals surface area (Å²) in [7, 11) is 0. The maximum absolute atomic E-state index is 13.4. The minimum Gasteiger partial charge on any atom is -0.490 e. The molecule has 2 aliphatic rings. The molecule has 12 heteroatoms. The number of alkyl halides is 3. The van der Waals surface area contributed by atoms with Crippen molar-refractivity contribution in [2.75, 3.05) is 25.0 Å². The van der Waals surface area contributed by atoms with Crippen molar-refractivity contribution in [3.05, 3.63) is 64.9 Å². The van der Waals surface area contributed by atoms with Crippen LogP contribution in [0.2, 0.25) is 5.02 Å². The molecule has 41 heavy (non-hydrogen) atoms. The molecular weight excluding hydrogens is 561 g/mol. The number of carbonyl (C=O) groups is 2. The number of halogens is 4. The predicted molar refractivity (Wildman–Crippen MR) is 146 cm³/mol. The van der Waals surface area contributed by atoms with Gasteiger partial charge in [0.1, 0.15) is 6.54 Å². The van der Waals surface area contributed by atoms with Crippen LogP contribution in [0.3, 0.4) is 0 Å². The average molecular weight is 591 g/mol. The number of nitrogens with one attached hydrogen (secondary N) is 1. The summed E-state index contributed by atoms with van der Waals surface area (Å²) in [6.45, 7) is 0.0565. The fraction of sp³-hybridized carbons (Fsp3) is 0.414. The number of amides is 2. The minimum atomic E-state index is -4.61. The zero-order valence-electron chi connectivity index (χ0n) is 22.3.